The number of ether oxygens (including phenoxy) is 3. The molecule has 0 aromatic heterocycles. The maximum absolute atomic E-state index is 10.6. The van der Waals surface area contributed by atoms with E-state index in [1.54, 1.807) is 7.11 Å². The van der Waals surface area contributed by atoms with E-state index < -0.39 is 0 Å². The van der Waals surface area contributed by atoms with Crippen molar-refractivity contribution in [2.45, 2.75) is 18.9 Å². The molecule has 0 spiro atoms. The lowest BCUT2D eigenvalue weighted by Gasteiger charge is -2.38. The maximum atomic E-state index is 10.6. The average Bonchev–Trinajstić information content (AvgIpc) is 3.02. The van der Waals surface area contributed by atoms with Crippen molar-refractivity contribution < 1.29 is 19.3 Å². The molecule has 1 atom stereocenters. The van der Waals surface area contributed by atoms with Gasteiger partial charge in [-0.2, -0.15) is 0 Å². The van der Waals surface area contributed by atoms with Gasteiger partial charge in [0.1, 0.15) is 0 Å². The average molecular weight is 325 g/mol. The van der Waals surface area contributed by atoms with E-state index in [2.05, 4.69) is 24.1 Å². The summed E-state index contributed by atoms with van der Waals surface area (Å²) < 4.78 is 16.5. The fraction of sp³-hybridized carbons (Fsp3) is 0.368. The molecule has 1 aliphatic carbocycles. The van der Waals surface area contributed by atoms with Crippen molar-refractivity contribution in [1.29, 1.82) is 0 Å². The van der Waals surface area contributed by atoms with Crippen molar-refractivity contribution in [3.05, 3.63) is 34.9 Å². The van der Waals surface area contributed by atoms with Crippen LogP contribution >= 0.6 is 0 Å². The van der Waals surface area contributed by atoms with Crippen molar-refractivity contribution in [2.24, 2.45) is 0 Å². The fourth-order valence-corrected chi connectivity index (χ4v) is 4.36. The van der Waals surface area contributed by atoms with Crippen molar-refractivity contribution in [3.8, 4) is 34.1 Å². The summed E-state index contributed by atoms with van der Waals surface area (Å²) >= 11 is 0. The van der Waals surface area contributed by atoms with E-state index in [1.807, 2.05) is 6.07 Å². The van der Waals surface area contributed by atoms with Crippen LogP contribution in [0.5, 0.6) is 23.0 Å². The van der Waals surface area contributed by atoms with Crippen LogP contribution in [0.3, 0.4) is 0 Å². The van der Waals surface area contributed by atoms with Gasteiger partial charge in [0.15, 0.2) is 23.0 Å². The standard InChI is InChI=1S/C19H19NO4/c1-20-7-11-3-10-4-15-16(24-9-23-15)5-12(10)13-6-17(22-2)19(21)14(8-20)18(11)13/h4-6,11,21H,3,7-9H2,1-2H3. The summed E-state index contributed by atoms with van der Waals surface area (Å²) in [6.07, 6.45) is 0.947. The van der Waals surface area contributed by atoms with Crippen LogP contribution in [0.25, 0.3) is 11.1 Å². The van der Waals surface area contributed by atoms with Gasteiger partial charge in [-0.15, -0.1) is 0 Å². The number of hydrogen-bond donors (Lipinski definition) is 1. The highest BCUT2D eigenvalue weighted by molar-refractivity contribution is 5.81. The Labute approximate surface area is 140 Å². The van der Waals surface area contributed by atoms with Crippen LogP contribution < -0.4 is 14.2 Å². The van der Waals surface area contributed by atoms with E-state index in [0.717, 1.165) is 47.7 Å². The molecular weight excluding hydrogens is 306 g/mol. The first-order chi connectivity index (χ1) is 11.7. The minimum atomic E-state index is 0.275. The molecular formula is C19H19NO4. The van der Waals surface area contributed by atoms with E-state index >= 15 is 0 Å². The summed E-state index contributed by atoms with van der Waals surface area (Å²) in [6, 6.07) is 6.14. The molecule has 2 heterocycles. The number of aromatic hydroxyl groups is 1. The number of fused-ring (bicyclic) bond motifs is 3. The van der Waals surface area contributed by atoms with Gasteiger partial charge in [0, 0.05) is 24.6 Å². The number of phenolic OH excluding ortho intramolecular Hbond substituents is 1. The molecule has 0 saturated carbocycles. The van der Waals surface area contributed by atoms with E-state index in [9.17, 15) is 5.11 Å². The quantitative estimate of drug-likeness (QED) is 0.874. The predicted octanol–water partition coefficient (Wildman–Crippen LogP) is 2.88. The number of phenols is 1. The van der Waals surface area contributed by atoms with Crippen molar-refractivity contribution >= 4 is 0 Å². The molecule has 0 fully saturated rings. The van der Waals surface area contributed by atoms with Gasteiger partial charge in [-0.1, -0.05) is 0 Å². The monoisotopic (exact) mass is 325 g/mol. The highest BCUT2D eigenvalue weighted by atomic mass is 16.7. The Balaban J connectivity index is 1.80. The minimum absolute atomic E-state index is 0.275. The molecule has 2 aromatic rings. The van der Waals surface area contributed by atoms with Crippen LogP contribution in [0.2, 0.25) is 0 Å². The van der Waals surface area contributed by atoms with Gasteiger partial charge in [0.2, 0.25) is 6.79 Å². The minimum Gasteiger partial charge on any atom is -0.504 e. The van der Waals surface area contributed by atoms with Gasteiger partial charge in [0.05, 0.1) is 7.11 Å². The van der Waals surface area contributed by atoms with Gasteiger partial charge in [-0.05, 0) is 53.9 Å². The molecule has 5 heteroatoms. The fourth-order valence-electron chi connectivity index (χ4n) is 4.36. The highest BCUT2D eigenvalue weighted by Gasteiger charge is 2.35. The number of nitrogens with zero attached hydrogens (tertiary/aromatic N) is 1. The Morgan fingerprint density at radius 1 is 1.17 bits per heavy atom. The van der Waals surface area contributed by atoms with Gasteiger partial charge >= 0.3 is 0 Å². The topological polar surface area (TPSA) is 51.2 Å². The van der Waals surface area contributed by atoms with Gasteiger partial charge in [-0.3, -0.25) is 0 Å². The number of likely N-dealkylation sites (N-methyl/N-ethyl adjacent to an activating group) is 1. The zero-order valence-electron chi connectivity index (χ0n) is 13.8. The Bertz CT molecular complexity index is 861. The summed E-state index contributed by atoms with van der Waals surface area (Å²) in [5.41, 5.74) is 5.84. The van der Waals surface area contributed by atoms with Crippen LogP contribution in [-0.4, -0.2) is 37.5 Å². The molecule has 24 heavy (non-hydrogen) atoms. The van der Waals surface area contributed by atoms with Crippen molar-refractivity contribution in [2.75, 3.05) is 27.5 Å². The molecule has 2 aliphatic heterocycles. The smallest absolute Gasteiger partial charge is 0.231 e. The molecule has 2 aromatic carbocycles. The molecule has 124 valence electrons. The zero-order chi connectivity index (χ0) is 16.4. The lowest BCUT2D eigenvalue weighted by molar-refractivity contribution is 0.174. The molecule has 5 nitrogen and oxygen atoms in total. The number of methoxy groups -OCH3 is 1. The number of rotatable bonds is 1. The third kappa shape index (κ3) is 1.79. The van der Waals surface area contributed by atoms with Crippen LogP contribution in [-0.2, 0) is 13.0 Å². The molecule has 1 N–H and O–H groups in total. The van der Waals surface area contributed by atoms with Crippen LogP contribution in [0, 0.1) is 0 Å². The van der Waals surface area contributed by atoms with E-state index in [-0.39, 0.29) is 12.5 Å². The number of benzene rings is 2. The zero-order valence-corrected chi connectivity index (χ0v) is 13.8. The van der Waals surface area contributed by atoms with Crippen LogP contribution in [0.1, 0.15) is 22.6 Å². The van der Waals surface area contributed by atoms with Crippen LogP contribution in [0.15, 0.2) is 18.2 Å². The predicted molar refractivity (Wildman–Crippen MR) is 89.0 cm³/mol. The van der Waals surface area contributed by atoms with Crippen molar-refractivity contribution in [3.63, 3.8) is 0 Å². The van der Waals surface area contributed by atoms with E-state index in [0.29, 0.717) is 11.7 Å². The third-order valence-electron chi connectivity index (χ3n) is 5.35. The number of hydrogen-bond acceptors (Lipinski definition) is 5. The molecule has 0 amide bonds. The summed E-state index contributed by atoms with van der Waals surface area (Å²) in [6.45, 7) is 2.00. The first kappa shape index (κ1) is 14.0. The Morgan fingerprint density at radius 3 is 2.75 bits per heavy atom. The second-order valence-electron chi connectivity index (χ2n) is 6.83. The third-order valence-corrected chi connectivity index (χ3v) is 5.35. The lowest BCUT2D eigenvalue weighted by atomic mass is 9.74. The first-order valence-corrected chi connectivity index (χ1v) is 8.20. The summed E-state index contributed by atoms with van der Waals surface area (Å²) in [5, 5.41) is 10.6. The first-order valence-electron chi connectivity index (χ1n) is 8.20. The van der Waals surface area contributed by atoms with E-state index in [1.165, 1.54) is 11.1 Å². The summed E-state index contributed by atoms with van der Waals surface area (Å²) in [7, 11) is 3.69. The van der Waals surface area contributed by atoms with Crippen LogP contribution in [0.4, 0.5) is 0 Å². The normalized spacial score (nSPS) is 20.5. The highest BCUT2D eigenvalue weighted by Crippen LogP contribution is 2.52. The second-order valence-corrected chi connectivity index (χ2v) is 6.83. The molecule has 5 rings (SSSR count). The molecule has 0 bridgehead atoms. The Kier molecular flexibility index (Phi) is 2.80. The molecule has 0 radical (unpaired) electrons. The maximum Gasteiger partial charge on any atom is 0.231 e. The molecule has 1 unspecified atom stereocenters. The molecule has 0 saturated heterocycles. The van der Waals surface area contributed by atoms with Crippen molar-refractivity contribution in [1.82, 2.24) is 4.90 Å². The lowest BCUT2D eigenvalue weighted by Crippen LogP contribution is -2.33. The molecule has 3 aliphatic rings. The second kappa shape index (κ2) is 4.80. The Morgan fingerprint density at radius 2 is 1.96 bits per heavy atom. The summed E-state index contributed by atoms with van der Waals surface area (Å²) in [5.74, 6) is 2.80. The van der Waals surface area contributed by atoms with Gasteiger partial charge in [-0.25, -0.2) is 0 Å². The SMILES string of the molecule is COc1cc2c3c(c1O)CN(C)CC3Cc1cc3c(cc1-2)OCO3. The largest absolute Gasteiger partial charge is 0.504 e. The van der Waals surface area contributed by atoms with Gasteiger partial charge < -0.3 is 24.2 Å². The Hall–Kier alpha value is -2.40. The van der Waals surface area contributed by atoms with E-state index in [4.69, 9.17) is 14.2 Å². The summed E-state index contributed by atoms with van der Waals surface area (Å²) in [4.78, 5) is 2.26. The van der Waals surface area contributed by atoms with Gasteiger partial charge in [0.25, 0.3) is 0 Å².